The summed E-state index contributed by atoms with van der Waals surface area (Å²) in [5.41, 5.74) is 4.55. The first-order valence-corrected chi connectivity index (χ1v) is 22.3. The van der Waals surface area contributed by atoms with E-state index in [9.17, 15) is 28.7 Å². The van der Waals surface area contributed by atoms with Crippen LogP contribution in [0.4, 0.5) is 10.1 Å². The van der Waals surface area contributed by atoms with E-state index in [2.05, 4.69) is 20.2 Å². The van der Waals surface area contributed by atoms with E-state index in [1.54, 1.807) is 35.4 Å². The molecule has 15 nitrogen and oxygen atoms in total. The van der Waals surface area contributed by atoms with Gasteiger partial charge >= 0.3 is 5.97 Å². The number of methoxy groups -OCH3 is 1. The van der Waals surface area contributed by atoms with E-state index < -0.39 is 23.7 Å². The smallest absolute Gasteiger partial charge is 0.342 e. The molecule has 0 bridgehead atoms. The van der Waals surface area contributed by atoms with Crippen LogP contribution in [-0.2, 0) is 16.1 Å². The number of ether oxygens (including phenoxy) is 1. The number of nitrogens with zero attached hydrogens (tertiary/aromatic N) is 7. The van der Waals surface area contributed by atoms with Gasteiger partial charge < -0.3 is 34.2 Å². The number of pyridine rings is 1. The maximum atomic E-state index is 14.1. The van der Waals surface area contributed by atoms with Crippen LogP contribution in [0.2, 0.25) is 5.02 Å². The van der Waals surface area contributed by atoms with Gasteiger partial charge in [0.1, 0.15) is 42.5 Å². The number of benzene rings is 4. The maximum absolute atomic E-state index is 14.1. The van der Waals surface area contributed by atoms with Crippen LogP contribution in [0.15, 0.2) is 102 Å². The Balaban J connectivity index is 0.947. The van der Waals surface area contributed by atoms with Crippen molar-refractivity contribution >= 4 is 52.0 Å². The lowest BCUT2D eigenvalue weighted by atomic mass is 9.89. The molecule has 3 aromatic carbocycles. The molecule has 8 rings (SSSR count). The average molecular weight is 939 g/mol. The molecule has 1 fully saturated rings. The van der Waals surface area contributed by atoms with Gasteiger partial charge in [-0.3, -0.25) is 19.5 Å². The molecule has 17 heteroatoms. The van der Waals surface area contributed by atoms with E-state index in [1.165, 1.54) is 31.4 Å². The van der Waals surface area contributed by atoms with Crippen molar-refractivity contribution in [1.29, 1.82) is 0 Å². The summed E-state index contributed by atoms with van der Waals surface area (Å²) >= 11 is 6.49. The first-order chi connectivity index (χ1) is 32.7. The van der Waals surface area contributed by atoms with Gasteiger partial charge in [-0.25, -0.2) is 23.7 Å². The number of fused-ring (bicyclic) bond motifs is 2. The van der Waals surface area contributed by atoms with Crippen molar-refractivity contribution in [2.75, 3.05) is 72.9 Å². The highest BCUT2D eigenvalue weighted by Gasteiger charge is 2.29. The Morgan fingerprint density at radius 1 is 0.912 bits per heavy atom. The van der Waals surface area contributed by atoms with Crippen molar-refractivity contribution in [3.63, 3.8) is 0 Å². The zero-order chi connectivity index (χ0) is 48.2. The van der Waals surface area contributed by atoms with Gasteiger partial charge in [0.25, 0.3) is 5.91 Å². The molecule has 1 saturated heterocycles. The molecular formula is C51H48ClFN8O7. The van der Waals surface area contributed by atoms with Gasteiger partial charge in [0.15, 0.2) is 5.82 Å². The van der Waals surface area contributed by atoms with Gasteiger partial charge in [-0.05, 0) is 72.6 Å². The SMILES string of the molecule is COC(=O)c1c(CN2CCN(C(=O)CCCNC(=O)c3ccc(C(=O)[O-])c(-c4c5ccc(=[N+](C)C)cc-5oc5cc(N(C)C)ccc45)c3)CC2)nc(-c2ccccn2)nc1-c1ccc(F)cc1Cl. The van der Waals surface area contributed by atoms with Crippen LogP contribution < -0.4 is 25.3 Å². The van der Waals surface area contributed by atoms with Crippen molar-refractivity contribution in [3.8, 4) is 45.2 Å². The molecular weight excluding hydrogens is 891 g/mol. The summed E-state index contributed by atoms with van der Waals surface area (Å²) in [6.45, 7) is 2.16. The molecule has 2 amide bonds. The number of amides is 2. The average Bonchev–Trinajstić information content (AvgIpc) is 3.33. The summed E-state index contributed by atoms with van der Waals surface area (Å²) in [6, 6.07) is 24.9. The Morgan fingerprint density at radius 3 is 2.38 bits per heavy atom. The quantitative estimate of drug-likeness (QED) is 0.0655. The number of rotatable bonds is 13. The largest absolute Gasteiger partial charge is 0.545 e. The second-order valence-corrected chi connectivity index (χ2v) is 17.1. The lowest BCUT2D eigenvalue weighted by Gasteiger charge is -2.35. The fourth-order valence-electron chi connectivity index (χ4n) is 8.28. The van der Waals surface area contributed by atoms with Crippen molar-refractivity contribution < 1.29 is 37.8 Å². The number of carbonyl (C=O) groups excluding carboxylic acids is 4. The second-order valence-electron chi connectivity index (χ2n) is 16.7. The number of aromatic carboxylic acids is 1. The molecule has 2 aromatic heterocycles. The molecule has 1 aliphatic carbocycles. The lowest BCUT2D eigenvalue weighted by Crippen LogP contribution is -2.48. The molecule has 3 aliphatic rings. The van der Waals surface area contributed by atoms with Gasteiger partial charge in [-0.15, -0.1) is 0 Å². The van der Waals surface area contributed by atoms with Gasteiger partial charge in [-0.1, -0.05) is 23.7 Å². The van der Waals surface area contributed by atoms with E-state index in [0.717, 1.165) is 17.1 Å². The number of aromatic nitrogens is 3. The third kappa shape index (κ3) is 9.92. The van der Waals surface area contributed by atoms with Crippen LogP contribution in [0.3, 0.4) is 0 Å². The highest BCUT2D eigenvalue weighted by molar-refractivity contribution is 6.33. The summed E-state index contributed by atoms with van der Waals surface area (Å²) in [5, 5.41) is 17.1. The number of hydrogen-bond acceptors (Lipinski definition) is 12. The number of nitrogens with one attached hydrogen (secondary N) is 1. The maximum Gasteiger partial charge on any atom is 0.342 e. The minimum atomic E-state index is -1.39. The van der Waals surface area contributed by atoms with Crippen molar-refractivity contribution in [2.45, 2.75) is 19.4 Å². The summed E-state index contributed by atoms with van der Waals surface area (Å²) in [4.78, 5) is 72.7. The zero-order valence-corrected chi connectivity index (χ0v) is 38.9. The number of carboxylic acids is 1. The number of piperazine rings is 1. The Labute approximate surface area is 396 Å². The Hall–Kier alpha value is -7.56. The van der Waals surface area contributed by atoms with E-state index in [1.807, 2.05) is 74.1 Å². The molecule has 1 N–H and O–H groups in total. The summed E-state index contributed by atoms with van der Waals surface area (Å²) < 4.78 is 27.7. The van der Waals surface area contributed by atoms with E-state index in [0.29, 0.717) is 83.0 Å². The molecule has 0 radical (unpaired) electrons. The minimum absolute atomic E-state index is 0.0559. The first kappa shape index (κ1) is 47.0. The fraction of sp³-hybridized carbons (Fsp3) is 0.255. The molecule has 0 saturated carbocycles. The van der Waals surface area contributed by atoms with Crippen molar-refractivity contribution in [1.82, 2.24) is 34.6 Å². The van der Waals surface area contributed by atoms with Gasteiger partial charge in [0.2, 0.25) is 11.3 Å². The third-order valence-corrected chi connectivity index (χ3v) is 12.2. The summed E-state index contributed by atoms with van der Waals surface area (Å²) in [5.74, 6) is -2.35. The first-order valence-electron chi connectivity index (χ1n) is 21.9. The van der Waals surface area contributed by atoms with Crippen LogP contribution in [0, 0.1) is 5.82 Å². The summed E-state index contributed by atoms with van der Waals surface area (Å²) in [6.07, 6.45) is 2.14. The Morgan fingerprint density at radius 2 is 1.69 bits per heavy atom. The van der Waals surface area contributed by atoms with E-state index in [-0.39, 0.29) is 58.6 Å². The highest BCUT2D eigenvalue weighted by atomic mass is 35.5. The van der Waals surface area contributed by atoms with Crippen molar-refractivity contribution in [2.24, 2.45) is 0 Å². The minimum Gasteiger partial charge on any atom is -0.545 e. The normalized spacial score (nSPS) is 12.8. The number of halogens is 2. The molecule has 68 heavy (non-hydrogen) atoms. The van der Waals surface area contributed by atoms with Crippen LogP contribution in [0.1, 0.15) is 49.6 Å². The molecule has 0 spiro atoms. The number of carboxylic acid groups (broad SMARTS) is 1. The molecule has 348 valence electrons. The van der Waals surface area contributed by atoms with E-state index in [4.69, 9.17) is 25.7 Å². The number of anilines is 1. The predicted octanol–water partition coefficient (Wildman–Crippen LogP) is 5.62. The standard InChI is InChI=1S/C51H48ClFN8O7/c1-58(2)32-13-17-36-42(27-32)68-43-28-33(59(3)4)14-18-37(43)45(36)38-25-30(11-15-34(38)50(64)65)49(63)55-20-8-10-44(62)61-23-21-60(22-24-61)29-41-46(51(66)67-5)47(35-16-12-31(53)26-39(35)52)57-48(56-41)40-9-6-7-19-54-40/h6-7,9,11-19,25-28H,8,10,20-24,29H2,1-5H3,(H-,55,63,64,65). The Kier molecular flexibility index (Phi) is 13.9. The second kappa shape index (κ2) is 20.1. The van der Waals surface area contributed by atoms with E-state index >= 15 is 0 Å². The van der Waals surface area contributed by atoms with Crippen LogP contribution in [0.5, 0.6) is 0 Å². The molecule has 2 aliphatic heterocycles. The van der Waals surface area contributed by atoms with Crippen LogP contribution in [-0.4, -0.2) is 117 Å². The molecule has 4 heterocycles. The molecule has 0 atom stereocenters. The Bertz CT molecular complexity index is 3130. The highest BCUT2D eigenvalue weighted by Crippen LogP contribution is 2.42. The third-order valence-electron chi connectivity index (χ3n) is 11.9. The predicted molar refractivity (Wildman–Crippen MR) is 254 cm³/mol. The van der Waals surface area contributed by atoms with Crippen LogP contribution in [0.25, 0.3) is 56.2 Å². The number of carbonyl (C=O) groups is 4. The number of esters is 1. The molecule has 5 aromatic rings. The van der Waals surface area contributed by atoms with Crippen LogP contribution >= 0.6 is 11.6 Å². The van der Waals surface area contributed by atoms with Gasteiger partial charge in [-0.2, -0.15) is 0 Å². The number of hydrogen-bond donors (Lipinski definition) is 1. The monoisotopic (exact) mass is 938 g/mol. The molecule has 0 unspecified atom stereocenters. The topological polar surface area (TPSA) is 177 Å². The van der Waals surface area contributed by atoms with Crippen molar-refractivity contribution in [3.05, 3.63) is 136 Å². The lowest BCUT2D eigenvalue weighted by molar-refractivity contribution is -0.255. The zero-order valence-electron chi connectivity index (χ0n) is 38.1. The van der Waals surface area contributed by atoms with Gasteiger partial charge in [0.05, 0.1) is 35.6 Å². The summed E-state index contributed by atoms with van der Waals surface area (Å²) in [7, 11) is 8.92. The fourth-order valence-corrected chi connectivity index (χ4v) is 8.53. The van der Waals surface area contributed by atoms with Gasteiger partial charge in [0, 0.05) is 117 Å².